The predicted octanol–water partition coefficient (Wildman–Crippen LogP) is 4.35. The monoisotopic (exact) mass is 569 g/mol. The van der Waals surface area contributed by atoms with Crippen LogP contribution in [0.2, 0.25) is 0 Å². The minimum atomic E-state index is -1.20. The number of ether oxygens (including phenoxy) is 2. The number of thiocarbonyl (C=S) groups is 1. The van der Waals surface area contributed by atoms with Gasteiger partial charge in [0.25, 0.3) is 11.6 Å². The Labute approximate surface area is 208 Å². The number of nitro groups is 2. The molecule has 0 aliphatic carbocycles. The average molecular weight is 570 g/mol. The minimum Gasteiger partial charge on any atom is -0.493 e. The van der Waals surface area contributed by atoms with Crippen molar-refractivity contribution in [3.8, 4) is 17.2 Å². The van der Waals surface area contributed by atoms with Gasteiger partial charge in [-0.1, -0.05) is 24.0 Å². The third-order valence-corrected chi connectivity index (χ3v) is 6.25. The average Bonchev–Trinajstić information content (AvgIpc) is 3.02. The Kier molecular flexibility index (Phi) is 7.48. The second kappa shape index (κ2) is 10.1. The van der Waals surface area contributed by atoms with E-state index >= 15 is 0 Å². The molecule has 34 heavy (non-hydrogen) atoms. The molecule has 15 heteroatoms. The summed E-state index contributed by atoms with van der Waals surface area (Å²) in [5.41, 5.74) is -0.625. The summed E-state index contributed by atoms with van der Waals surface area (Å²) in [6, 6.07) is 5.98. The number of non-ortho nitro benzene ring substituents is 1. The quantitative estimate of drug-likeness (QED) is 0.208. The molecule has 3 rings (SSSR count). The number of carboxylic acids is 1. The highest BCUT2D eigenvalue weighted by atomic mass is 79.9. The molecule has 1 fully saturated rings. The fourth-order valence-corrected chi connectivity index (χ4v) is 4.60. The molecule has 1 heterocycles. The maximum absolute atomic E-state index is 12.5. The Balaban J connectivity index is 1.97. The van der Waals surface area contributed by atoms with Gasteiger partial charge in [0.15, 0.2) is 11.5 Å². The normalized spacial score (nSPS) is 14.4. The van der Waals surface area contributed by atoms with Crippen molar-refractivity contribution in [2.24, 2.45) is 0 Å². The fourth-order valence-electron chi connectivity index (χ4n) is 2.80. The Morgan fingerprint density at radius 2 is 1.94 bits per heavy atom. The molecule has 1 amide bonds. The highest BCUT2D eigenvalue weighted by molar-refractivity contribution is 9.10. The van der Waals surface area contributed by atoms with Crippen molar-refractivity contribution >= 4 is 73.6 Å². The molecule has 2 aromatic rings. The number of thioether (sulfide) groups is 1. The summed E-state index contributed by atoms with van der Waals surface area (Å²) in [5, 5.41) is 31.3. The molecule has 1 N–H and O–H groups in total. The molecule has 176 valence electrons. The van der Waals surface area contributed by atoms with Crippen molar-refractivity contribution in [3.63, 3.8) is 0 Å². The number of nitro benzene ring substituents is 2. The molecule has 0 bridgehead atoms. The maximum Gasteiger partial charge on any atom is 0.323 e. The van der Waals surface area contributed by atoms with Gasteiger partial charge in [0.05, 0.1) is 32.4 Å². The number of hydrogen-bond donors (Lipinski definition) is 1. The van der Waals surface area contributed by atoms with Crippen LogP contribution in [0, 0.1) is 20.2 Å². The summed E-state index contributed by atoms with van der Waals surface area (Å²) in [6.07, 6.45) is 1.48. The van der Waals surface area contributed by atoms with Crippen LogP contribution in [0.1, 0.15) is 5.56 Å². The number of rotatable bonds is 8. The van der Waals surface area contributed by atoms with Gasteiger partial charge in [0, 0.05) is 6.07 Å². The largest absolute Gasteiger partial charge is 0.493 e. The fraction of sp³-hybridized carbons (Fsp3) is 0.105. The lowest BCUT2D eigenvalue weighted by Gasteiger charge is -2.13. The SMILES string of the molecule is COc1cc(C=C2SC(=S)N(CC(=O)O)C2=O)cc(Br)c1Oc1ccc([N+](=O)[O-])cc1[N+](=O)[O-]. The number of amides is 1. The number of carboxylic acid groups (broad SMARTS) is 1. The van der Waals surface area contributed by atoms with Crippen LogP contribution in [0.15, 0.2) is 39.7 Å². The lowest BCUT2D eigenvalue weighted by molar-refractivity contribution is -0.394. The minimum absolute atomic E-state index is 0.0510. The Morgan fingerprint density at radius 1 is 1.24 bits per heavy atom. The molecule has 0 saturated carbocycles. The van der Waals surface area contributed by atoms with Gasteiger partial charge in [-0.15, -0.1) is 0 Å². The molecule has 1 saturated heterocycles. The predicted molar refractivity (Wildman–Crippen MR) is 128 cm³/mol. The Morgan fingerprint density at radius 3 is 2.53 bits per heavy atom. The Hall–Kier alpha value is -3.56. The first-order valence-corrected chi connectivity index (χ1v) is 11.0. The first-order chi connectivity index (χ1) is 16.0. The molecule has 1 aliphatic heterocycles. The maximum atomic E-state index is 12.5. The highest BCUT2D eigenvalue weighted by Crippen LogP contribution is 2.43. The van der Waals surface area contributed by atoms with Crippen molar-refractivity contribution in [1.82, 2.24) is 4.90 Å². The third kappa shape index (κ3) is 5.32. The first-order valence-electron chi connectivity index (χ1n) is 8.97. The molecular formula is C19H12BrN3O9S2. The highest BCUT2D eigenvalue weighted by Gasteiger charge is 2.33. The second-order valence-electron chi connectivity index (χ2n) is 6.46. The number of halogens is 1. The van der Waals surface area contributed by atoms with Crippen molar-refractivity contribution in [2.45, 2.75) is 0 Å². The summed E-state index contributed by atoms with van der Waals surface area (Å²) in [4.78, 5) is 45.4. The first kappa shape index (κ1) is 25.1. The lowest BCUT2D eigenvalue weighted by Crippen LogP contribution is -2.33. The molecular weight excluding hydrogens is 558 g/mol. The van der Waals surface area contributed by atoms with E-state index in [1.165, 1.54) is 19.3 Å². The molecule has 1 aliphatic rings. The van der Waals surface area contributed by atoms with E-state index in [-0.39, 0.29) is 26.5 Å². The van der Waals surface area contributed by atoms with E-state index in [0.717, 1.165) is 34.9 Å². The number of carbonyl (C=O) groups is 2. The van der Waals surface area contributed by atoms with Crippen molar-refractivity contribution in [1.29, 1.82) is 0 Å². The van der Waals surface area contributed by atoms with Gasteiger partial charge in [-0.3, -0.25) is 34.7 Å². The lowest BCUT2D eigenvalue weighted by atomic mass is 10.1. The van der Waals surface area contributed by atoms with E-state index in [2.05, 4.69) is 15.9 Å². The smallest absolute Gasteiger partial charge is 0.323 e. The molecule has 12 nitrogen and oxygen atoms in total. The van der Waals surface area contributed by atoms with Gasteiger partial charge in [-0.05, 0) is 45.8 Å². The van der Waals surface area contributed by atoms with E-state index in [1.807, 2.05) is 0 Å². The number of aliphatic carboxylic acids is 1. The van der Waals surface area contributed by atoms with Crippen LogP contribution in [-0.4, -0.2) is 49.7 Å². The van der Waals surface area contributed by atoms with Gasteiger partial charge >= 0.3 is 11.7 Å². The topological polar surface area (TPSA) is 162 Å². The zero-order chi connectivity index (χ0) is 25.2. The van der Waals surface area contributed by atoms with E-state index in [4.69, 9.17) is 26.8 Å². The van der Waals surface area contributed by atoms with E-state index in [1.54, 1.807) is 6.07 Å². The molecule has 2 aromatic carbocycles. The zero-order valence-electron chi connectivity index (χ0n) is 16.9. The van der Waals surface area contributed by atoms with E-state index in [9.17, 15) is 29.8 Å². The third-order valence-electron chi connectivity index (χ3n) is 4.28. The van der Waals surface area contributed by atoms with Crippen LogP contribution >= 0.6 is 39.9 Å². The Bertz CT molecular complexity index is 1280. The van der Waals surface area contributed by atoms with Crippen molar-refractivity contribution in [2.75, 3.05) is 13.7 Å². The molecule has 0 spiro atoms. The summed E-state index contributed by atoms with van der Waals surface area (Å²) in [6.45, 7) is -0.560. The molecule has 0 unspecified atom stereocenters. The summed E-state index contributed by atoms with van der Waals surface area (Å²) in [7, 11) is 1.33. The molecule has 0 radical (unpaired) electrons. The molecule has 0 aromatic heterocycles. The van der Waals surface area contributed by atoms with Crippen LogP contribution in [0.5, 0.6) is 17.2 Å². The number of nitrogens with zero attached hydrogens (tertiary/aromatic N) is 3. The van der Waals surface area contributed by atoms with Gasteiger partial charge in [0.1, 0.15) is 10.9 Å². The summed E-state index contributed by atoms with van der Waals surface area (Å²) < 4.78 is 11.4. The van der Waals surface area contributed by atoms with Gasteiger partial charge in [0.2, 0.25) is 5.75 Å². The van der Waals surface area contributed by atoms with Gasteiger partial charge in [-0.25, -0.2) is 0 Å². The van der Waals surface area contributed by atoms with Crippen molar-refractivity contribution < 1.29 is 34.0 Å². The van der Waals surface area contributed by atoms with Crippen LogP contribution < -0.4 is 9.47 Å². The summed E-state index contributed by atoms with van der Waals surface area (Å²) in [5.74, 6) is -1.83. The van der Waals surface area contributed by atoms with Crippen molar-refractivity contribution in [3.05, 3.63) is 65.5 Å². The van der Waals surface area contributed by atoms with E-state index in [0.29, 0.717) is 10.0 Å². The standard InChI is InChI=1S/C19H12BrN3O9S2/c1-31-14-5-9(6-15-18(26)21(8-16(24)25)19(33)34-15)4-11(20)17(14)32-13-3-2-10(22(27)28)7-12(13)23(29)30/h2-7H,8H2,1H3,(H,24,25). The van der Waals surface area contributed by atoms with Gasteiger partial charge in [-0.2, -0.15) is 0 Å². The van der Waals surface area contributed by atoms with Gasteiger partial charge < -0.3 is 14.6 Å². The number of methoxy groups -OCH3 is 1. The van der Waals surface area contributed by atoms with Crippen LogP contribution in [-0.2, 0) is 9.59 Å². The van der Waals surface area contributed by atoms with E-state index < -0.39 is 39.6 Å². The zero-order valence-corrected chi connectivity index (χ0v) is 20.1. The second-order valence-corrected chi connectivity index (χ2v) is 8.99. The number of benzene rings is 2. The van der Waals surface area contributed by atoms with Crippen LogP contribution in [0.3, 0.4) is 0 Å². The number of carbonyl (C=O) groups excluding carboxylic acids is 1. The molecule has 0 atom stereocenters. The number of hydrogen-bond acceptors (Lipinski definition) is 10. The summed E-state index contributed by atoms with van der Waals surface area (Å²) >= 11 is 9.31. The van der Waals surface area contributed by atoms with Crippen LogP contribution in [0.4, 0.5) is 11.4 Å². The van der Waals surface area contributed by atoms with Crippen LogP contribution in [0.25, 0.3) is 6.08 Å².